The lowest BCUT2D eigenvalue weighted by Crippen LogP contribution is -3.00. The van der Waals surface area contributed by atoms with Crippen LogP contribution in [0.2, 0.25) is 0 Å². The van der Waals surface area contributed by atoms with Gasteiger partial charge in [-0.2, -0.15) is 0 Å². The van der Waals surface area contributed by atoms with Crippen molar-refractivity contribution in [2.45, 2.75) is 96.8 Å². The molecule has 0 radical (unpaired) electrons. The van der Waals surface area contributed by atoms with Gasteiger partial charge in [0.1, 0.15) is 0 Å². The summed E-state index contributed by atoms with van der Waals surface area (Å²) in [5.74, 6) is -0.664. The van der Waals surface area contributed by atoms with Gasteiger partial charge in [-0.3, -0.25) is 4.79 Å². The van der Waals surface area contributed by atoms with Crippen molar-refractivity contribution in [1.82, 2.24) is 0 Å². The average Bonchev–Trinajstić information content (AvgIpc) is 2.50. The van der Waals surface area contributed by atoms with E-state index in [0.29, 0.717) is 6.42 Å². The van der Waals surface area contributed by atoms with E-state index in [9.17, 15) is 10.0 Å². The number of hydrogen-bond acceptors (Lipinski definition) is 2. The van der Waals surface area contributed by atoms with Crippen LogP contribution in [0.25, 0.3) is 0 Å². The summed E-state index contributed by atoms with van der Waals surface area (Å²) in [6, 6.07) is 0. The summed E-state index contributed by atoms with van der Waals surface area (Å²) in [7, 11) is 3.06. The molecule has 4 nitrogen and oxygen atoms in total. The molecule has 0 amide bonds. The van der Waals surface area contributed by atoms with Crippen molar-refractivity contribution in [3.8, 4) is 0 Å². The molecule has 0 spiro atoms. The third kappa shape index (κ3) is 32.9. The number of rotatable bonds is 15. The molecule has 0 bridgehead atoms. The van der Waals surface area contributed by atoms with Gasteiger partial charge in [0.2, 0.25) is 0 Å². The van der Waals surface area contributed by atoms with Crippen LogP contribution in [0.5, 0.6) is 0 Å². The molecule has 4 heteroatoms. The van der Waals surface area contributed by atoms with E-state index in [4.69, 9.17) is 5.11 Å². The fourth-order valence-electron chi connectivity index (χ4n) is 2.35. The van der Waals surface area contributed by atoms with Gasteiger partial charge in [-0.25, -0.2) is 0 Å². The zero-order chi connectivity index (χ0) is 18.5. The van der Waals surface area contributed by atoms with Gasteiger partial charge in [-0.1, -0.05) is 70.4 Å². The minimum atomic E-state index is -0.664. The number of quaternary nitrogens is 1. The van der Waals surface area contributed by atoms with Gasteiger partial charge in [0.05, 0.1) is 14.1 Å². The largest absolute Gasteiger partial charge is 0.635 e. The molecule has 2 N–H and O–H groups in total. The van der Waals surface area contributed by atoms with Crippen LogP contribution in [0.3, 0.4) is 0 Å². The van der Waals surface area contributed by atoms with E-state index in [1.807, 2.05) is 0 Å². The number of carboxylic acids is 1. The fraction of sp³-hybridized carbons (Fsp3) is 0.850. The number of hydroxylamine groups is 2. The van der Waals surface area contributed by atoms with E-state index in [-0.39, 0.29) is 5.06 Å². The average molecular weight is 344 g/mol. The minimum Gasteiger partial charge on any atom is -0.635 e. The van der Waals surface area contributed by atoms with Crippen molar-refractivity contribution in [3.63, 3.8) is 0 Å². The quantitative estimate of drug-likeness (QED) is 0.256. The number of allylic oxidation sites excluding steroid dienone is 2. The molecule has 0 aromatic carbocycles. The molecule has 0 saturated heterocycles. The Morgan fingerprint density at radius 2 is 1.21 bits per heavy atom. The first-order valence-electron chi connectivity index (χ1n) is 9.84. The summed E-state index contributed by atoms with van der Waals surface area (Å²) in [6.07, 6.45) is 21.2. The smallest absolute Gasteiger partial charge is 0.303 e. The van der Waals surface area contributed by atoms with Crippen LogP contribution in [0.4, 0.5) is 0 Å². The molecule has 0 aliphatic carbocycles. The molecule has 0 aliphatic heterocycles. The third-order valence-corrected chi connectivity index (χ3v) is 3.65. The molecule has 0 saturated carbocycles. The number of carbonyl (C=O) groups is 1. The number of unbranched alkanes of at least 4 members (excludes halogenated alkanes) is 11. The summed E-state index contributed by atoms with van der Waals surface area (Å²) in [5.41, 5.74) is 0. The summed E-state index contributed by atoms with van der Waals surface area (Å²) < 4.78 is 0. The Balaban J connectivity index is 0. The first kappa shape index (κ1) is 25.4. The lowest BCUT2D eigenvalue weighted by atomic mass is 10.1. The number of nitrogens with one attached hydrogen (secondary N) is 1. The molecular formula is C20H41NO3. The van der Waals surface area contributed by atoms with Gasteiger partial charge >= 0.3 is 5.97 Å². The lowest BCUT2D eigenvalue weighted by Gasteiger charge is -2.04. The predicted molar refractivity (Wildman–Crippen MR) is 103 cm³/mol. The Bertz CT molecular complexity index is 275. The maximum absolute atomic E-state index is 10.3. The zero-order valence-electron chi connectivity index (χ0n) is 16.3. The van der Waals surface area contributed by atoms with Crippen LogP contribution in [0.15, 0.2) is 12.2 Å². The molecule has 0 unspecified atom stereocenters. The Hall–Kier alpha value is -0.870. The summed E-state index contributed by atoms with van der Waals surface area (Å²) in [4.78, 5) is 10.3. The highest BCUT2D eigenvalue weighted by atomic mass is 16.5. The highest BCUT2D eigenvalue weighted by Crippen LogP contribution is 2.09. The molecule has 144 valence electrons. The van der Waals surface area contributed by atoms with Gasteiger partial charge in [-0.15, -0.1) is 0 Å². The third-order valence-electron chi connectivity index (χ3n) is 3.65. The predicted octanol–water partition coefficient (Wildman–Crippen LogP) is 4.74. The fourth-order valence-corrected chi connectivity index (χ4v) is 2.35. The molecule has 24 heavy (non-hydrogen) atoms. The zero-order valence-corrected chi connectivity index (χ0v) is 16.3. The Labute approximate surface area is 149 Å². The number of hydrogen-bond donors (Lipinski definition) is 2. The van der Waals surface area contributed by atoms with Crippen LogP contribution >= 0.6 is 0 Å². The Morgan fingerprint density at radius 3 is 1.62 bits per heavy atom. The maximum Gasteiger partial charge on any atom is 0.303 e. The van der Waals surface area contributed by atoms with E-state index < -0.39 is 5.97 Å². The standard InChI is InChI=1S/C18H34O2.C2H7NO/c1-2-3-4-5-6-7-8-9-10-11-12-13-14-15-16-17-18(19)20;1-3(2)4/h9-10H,2-8,11-17H2,1H3,(H,19,20);3H,1-2H3. The van der Waals surface area contributed by atoms with Crippen LogP contribution in [-0.2, 0) is 4.79 Å². The first-order chi connectivity index (χ1) is 11.5. The highest BCUT2D eigenvalue weighted by molar-refractivity contribution is 5.66. The van der Waals surface area contributed by atoms with E-state index in [1.165, 1.54) is 84.7 Å². The second kappa shape index (κ2) is 22.1. The monoisotopic (exact) mass is 343 g/mol. The second-order valence-corrected chi connectivity index (χ2v) is 6.64. The first-order valence-corrected chi connectivity index (χ1v) is 9.84. The lowest BCUT2D eigenvalue weighted by molar-refractivity contribution is -0.802. The molecule has 0 aromatic rings. The summed E-state index contributed by atoms with van der Waals surface area (Å²) in [6.45, 7) is 2.26. The second-order valence-electron chi connectivity index (χ2n) is 6.64. The molecule has 0 atom stereocenters. The Morgan fingerprint density at radius 1 is 0.833 bits per heavy atom. The van der Waals surface area contributed by atoms with Crippen molar-refractivity contribution >= 4 is 5.97 Å². The molecule has 0 aromatic heterocycles. The maximum atomic E-state index is 10.3. The van der Waals surface area contributed by atoms with Gasteiger partial charge in [0, 0.05) is 6.42 Å². The summed E-state index contributed by atoms with van der Waals surface area (Å²) in [5, 5.41) is 18.1. The molecule has 0 heterocycles. The van der Waals surface area contributed by atoms with E-state index in [2.05, 4.69) is 19.1 Å². The highest BCUT2D eigenvalue weighted by Gasteiger charge is 1.95. The normalized spacial score (nSPS) is 10.9. The van der Waals surface area contributed by atoms with Crippen LogP contribution in [0.1, 0.15) is 96.8 Å². The van der Waals surface area contributed by atoms with Gasteiger partial charge in [-0.05, 0) is 32.1 Å². The van der Waals surface area contributed by atoms with Crippen molar-refractivity contribution in [2.24, 2.45) is 0 Å². The van der Waals surface area contributed by atoms with E-state index in [1.54, 1.807) is 0 Å². The minimum absolute atomic E-state index is 0.167. The summed E-state index contributed by atoms with van der Waals surface area (Å²) >= 11 is 0. The van der Waals surface area contributed by atoms with E-state index >= 15 is 0 Å². The SMILES string of the molecule is CCCCCCCCC=CCCCCCCCC(=O)O.C[NH+](C)[O-]. The van der Waals surface area contributed by atoms with Gasteiger partial charge in [0.15, 0.2) is 0 Å². The van der Waals surface area contributed by atoms with Crippen LogP contribution in [-0.4, -0.2) is 25.2 Å². The van der Waals surface area contributed by atoms with Crippen LogP contribution in [0, 0.1) is 5.21 Å². The molecule has 0 fully saturated rings. The van der Waals surface area contributed by atoms with Crippen molar-refractivity contribution < 1.29 is 15.0 Å². The van der Waals surface area contributed by atoms with Gasteiger partial charge in [0.25, 0.3) is 0 Å². The Kier molecular flexibility index (Phi) is 23.4. The topological polar surface area (TPSA) is 64.8 Å². The molecular weight excluding hydrogens is 302 g/mol. The number of carboxylic acid groups (broad SMARTS) is 1. The number of aliphatic carboxylic acids is 1. The van der Waals surface area contributed by atoms with E-state index in [0.717, 1.165) is 12.8 Å². The molecule has 0 rings (SSSR count). The molecule has 0 aliphatic rings. The van der Waals surface area contributed by atoms with Crippen molar-refractivity contribution in [3.05, 3.63) is 17.4 Å². The van der Waals surface area contributed by atoms with Crippen molar-refractivity contribution in [1.29, 1.82) is 0 Å². The van der Waals surface area contributed by atoms with Gasteiger partial charge < -0.3 is 15.4 Å². The van der Waals surface area contributed by atoms with Crippen LogP contribution < -0.4 is 5.06 Å². The van der Waals surface area contributed by atoms with Crippen molar-refractivity contribution in [2.75, 3.05) is 14.1 Å².